The van der Waals surface area contributed by atoms with E-state index in [9.17, 15) is 22.8 Å². The fourth-order valence-electron chi connectivity index (χ4n) is 6.21. The second kappa shape index (κ2) is 21.9. The number of carbonyl (C=O) groups is 2. The Balaban J connectivity index is 1.42. The first-order valence-corrected chi connectivity index (χ1v) is 20.9. The van der Waals surface area contributed by atoms with Gasteiger partial charge in [0, 0.05) is 57.4 Å². The van der Waals surface area contributed by atoms with Crippen molar-refractivity contribution in [2.24, 2.45) is 14.1 Å². The number of benzene rings is 3. The summed E-state index contributed by atoms with van der Waals surface area (Å²) >= 11 is 0. The monoisotopic (exact) mass is 827 g/mol. The molecular weight excluding hydrogens is 771 g/mol. The highest BCUT2D eigenvalue weighted by molar-refractivity contribution is 7.92. The minimum Gasteiger partial charge on any atom is -0.493 e. The number of amides is 1. The van der Waals surface area contributed by atoms with Gasteiger partial charge in [-0.2, -0.15) is 0 Å². The Morgan fingerprint density at radius 1 is 0.776 bits per heavy atom. The van der Waals surface area contributed by atoms with Crippen LogP contribution < -0.4 is 39.4 Å². The Morgan fingerprint density at radius 2 is 1.41 bits per heavy atom. The number of fused-ring (bicyclic) bond motifs is 1. The summed E-state index contributed by atoms with van der Waals surface area (Å²) in [6, 6.07) is 12.5. The normalized spacial score (nSPS) is 11.4. The van der Waals surface area contributed by atoms with Crippen LogP contribution in [-0.2, 0) is 33.7 Å². The zero-order valence-electron chi connectivity index (χ0n) is 34.3. The van der Waals surface area contributed by atoms with Gasteiger partial charge in [0.15, 0.2) is 17.2 Å². The van der Waals surface area contributed by atoms with E-state index >= 15 is 0 Å². The Hall–Kier alpha value is -5.42. The van der Waals surface area contributed by atoms with Gasteiger partial charge in [-0.25, -0.2) is 13.2 Å². The van der Waals surface area contributed by atoms with E-state index in [4.69, 9.17) is 28.8 Å². The third kappa shape index (κ3) is 13.1. The molecule has 17 heteroatoms. The number of hydrogen-bond donors (Lipinski definition) is 3. The van der Waals surface area contributed by atoms with Gasteiger partial charge in [-0.3, -0.25) is 28.3 Å². The van der Waals surface area contributed by atoms with Gasteiger partial charge in [0.2, 0.25) is 5.91 Å². The average molecular weight is 828 g/mol. The van der Waals surface area contributed by atoms with E-state index in [1.165, 1.54) is 41.6 Å². The molecule has 318 valence electrons. The molecule has 4 aromatic rings. The number of anilines is 1. The molecule has 0 aliphatic heterocycles. The minimum absolute atomic E-state index is 0.0355. The number of nitrogens with zero attached hydrogens (tertiary/aromatic N) is 3. The highest BCUT2D eigenvalue weighted by Crippen LogP contribution is 2.38. The van der Waals surface area contributed by atoms with Crippen LogP contribution in [0.2, 0.25) is 0 Å². The summed E-state index contributed by atoms with van der Waals surface area (Å²) in [5.74, 6) is 1.24. The fraction of sp³-hybridized carbons (Fsp3) is 0.488. The van der Waals surface area contributed by atoms with Gasteiger partial charge in [-0.15, -0.1) is 0 Å². The van der Waals surface area contributed by atoms with Crippen molar-refractivity contribution in [2.45, 2.75) is 69.6 Å². The van der Waals surface area contributed by atoms with Gasteiger partial charge >= 0.3 is 11.7 Å². The number of likely N-dealkylation sites (N-methyl/N-ethyl adjacent to an activating group) is 1. The van der Waals surface area contributed by atoms with E-state index in [1.54, 1.807) is 44.4 Å². The molecule has 58 heavy (non-hydrogen) atoms. The lowest BCUT2D eigenvalue weighted by molar-refractivity contribution is -0.137. The lowest BCUT2D eigenvalue weighted by Crippen LogP contribution is -2.36. The smallest absolute Gasteiger partial charge is 0.328 e. The zero-order chi connectivity index (χ0) is 42.2. The number of nitrogens with one attached hydrogen (secondary N) is 2. The molecule has 0 saturated carbocycles. The number of unbranched alkanes of at least 4 members (excludes halogenated alkanes) is 5. The van der Waals surface area contributed by atoms with Crippen molar-refractivity contribution in [2.75, 3.05) is 58.8 Å². The van der Waals surface area contributed by atoms with Crippen LogP contribution in [0.1, 0.15) is 64.7 Å². The summed E-state index contributed by atoms with van der Waals surface area (Å²) in [5, 5.41) is 11.7. The molecule has 1 heterocycles. The van der Waals surface area contributed by atoms with E-state index in [0.717, 1.165) is 38.5 Å². The van der Waals surface area contributed by atoms with Gasteiger partial charge in [0.05, 0.1) is 55.6 Å². The fourth-order valence-corrected chi connectivity index (χ4v) is 7.29. The second-order valence-corrected chi connectivity index (χ2v) is 15.7. The van der Waals surface area contributed by atoms with E-state index in [1.807, 2.05) is 18.9 Å². The topological polar surface area (TPSA) is 189 Å². The van der Waals surface area contributed by atoms with Crippen molar-refractivity contribution in [1.82, 2.24) is 19.4 Å². The lowest BCUT2D eigenvalue weighted by Gasteiger charge is -2.17. The molecule has 0 bridgehead atoms. The zero-order valence-corrected chi connectivity index (χ0v) is 35.1. The number of sulfonamides is 1. The first-order chi connectivity index (χ1) is 27.8. The molecule has 0 radical (unpaired) electrons. The van der Waals surface area contributed by atoms with Crippen molar-refractivity contribution in [1.29, 1.82) is 0 Å². The molecular formula is C41H57N5O11S. The van der Waals surface area contributed by atoms with Crippen LogP contribution in [0.5, 0.6) is 34.5 Å². The molecule has 0 aliphatic rings. The van der Waals surface area contributed by atoms with Gasteiger partial charge in [-0.05, 0) is 63.9 Å². The predicted octanol–water partition coefficient (Wildman–Crippen LogP) is 5.91. The molecule has 0 aliphatic carbocycles. The van der Waals surface area contributed by atoms with Gasteiger partial charge in [0.25, 0.3) is 10.0 Å². The molecule has 0 saturated heterocycles. The number of aryl methyl sites for hydroxylation is 2. The third-order valence-corrected chi connectivity index (χ3v) is 10.7. The van der Waals surface area contributed by atoms with Gasteiger partial charge in [-0.1, -0.05) is 26.2 Å². The van der Waals surface area contributed by atoms with Crippen LogP contribution >= 0.6 is 0 Å². The van der Waals surface area contributed by atoms with Crippen molar-refractivity contribution < 1.29 is 46.8 Å². The molecule has 1 aromatic heterocycles. The van der Waals surface area contributed by atoms with E-state index in [2.05, 4.69) is 10.0 Å². The van der Waals surface area contributed by atoms with Crippen molar-refractivity contribution >= 4 is 38.6 Å². The van der Waals surface area contributed by atoms with Crippen LogP contribution in [-0.4, -0.2) is 93.6 Å². The number of ether oxygens (including phenoxy) is 5. The van der Waals surface area contributed by atoms with Crippen LogP contribution in [0.15, 0.2) is 58.2 Å². The molecule has 0 spiro atoms. The second-order valence-electron chi connectivity index (χ2n) is 14.0. The van der Waals surface area contributed by atoms with E-state index in [0.29, 0.717) is 73.2 Å². The summed E-state index contributed by atoms with van der Waals surface area (Å²) in [6.45, 7) is 4.41. The van der Waals surface area contributed by atoms with Crippen molar-refractivity contribution in [3.8, 4) is 34.5 Å². The lowest BCUT2D eigenvalue weighted by atomic mass is 10.1. The predicted molar refractivity (Wildman–Crippen MR) is 221 cm³/mol. The Kier molecular flexibility index (Phi) is 17.1. The molecule has 3 aromatic carbocycles. The van der Waals surface area contributed by atoms with Crippen LogP contribution in [0.25, 0.3) is 11.0 Å². The number of aliphatic carboxylic acids is 1. The van der Waals surface area contributed by atoms with E-state index < -0.39 is 16.0 Å². The standard InChI is InChI=1S/C41H57N5O11S/c1-7-20-55-29-22-30(56-21-14-13-19-44(2)28-39(47)42-18-12-10-8-9-11-15-40(48)49)24-31(23-29)57-37-27-35-34(45(3)41(50)46(35)4)26-33(37)43-58(51,52)32-16-17-36(53-5)38(25-32)54-6/h16-17,22-27,43H,7-15,18-21,28H2,1-6H3,(H,42,47)(H,48,49). The summed E-state index contributed by atoms with van der Waals surface area (Å²) in [6.07, 6.45) is 6.80. The van der Waals surface area contributed by atoms with Crippen LogP contribution in [0.4, 0.5) is 5.69 Å². The molecule has 4 rings (SSSR count). The van der Waals surface area contributed by atoms with Crippen LogP contribution in [0.3, 0.4) is 0 Å². The first-order valence-electron chi connectivity index (χ1n) is 19.5. The third-order valence-electron chi connectivity index (χ3n) is 9.34. The maximum atomic E-state index is 13.8. The maximum Gasteiger partial charge on any atom is 0.328 e. The van der Waals surface area contributed by atoms with Gasteiger partial charge < -0.3 is 34.1 Å². The molecule has 0 fully saturated rings. The summed E-state index contributed by atoms with van der Waals surface area (Å²) in [4.78, 5) is 37.7. The molecule has 1 amide bonds. The number of rotatable bonds is 26. The minimum atomic E-state index is -4.19. The Labute approximate surface area is 340 Å². The summed E-state index contributed by atoms with van der Waals surface area (Å²) < 4.78 is 62.1. The molecule has 3 N–H and O–H groups in total. The van der Waals surface area contributed by atoms with Gasteiger partial charge in [0.1, 0.15) is 17.2 Å². The van der Waals surface area contributed by atoms with Crippen molar-refractivity contribution in [3.63, 3.8) is 0 Å². The number of carboxylic acids is 1. The number of methoxy groups -OCH3 is 2. The highest BCUT2D eigenvalue weighted by atomic mass is 32.2. The average Bonchev–Trinajstić information content (AvgIpc) is 3.39. The number of imidazole rings is 1. The Bertz CT molecular complexity index is 2170. The largest absolute Gasteiger partial charge is 0.493 e. The maximum absolute atomic E-state index is 13.8. The quantitative estimate of drug-likeness (QED) is 0.0637. The van der Waals surface area contributed by atoms with Crippen LogP contribution in [0, 0.1) is 0 Å². The molecule has 0 unspecified atom stereocenters. The summed E-state index contributed by atoms with van der Waals surface area (Å²) in [5.41, 5.74) is 0.804. The van der Waals surface area contributed by atoms with Crippen molar-refractivity contribution in [3.05, 3.63) is 59.0 Å². The Morgan fingerprint density at radius 3 is 2.09 bits per heavy atom. The highest BCUT2D eigenvalue weighted by Gasteiger charge is 2.22. The SMILES string of the molecule is CCCOc1cc(OCCCCN(C)CC(=O)NCCCCCCCC(=O)O)cc(Oc2cc3c(cc2NS(=O)(=O)c2ccc(OC)c(OC)c2)n(C)c(=O)n3C)c1. The first kappa shape index (κ1) is 45.3. The number of carbonyl (C=O) groups excluding carboxylic acids is 1. The molecule has 16 nitrogen and oxygen atoms in total. The number of hydrogen-bond acceptors (Lipinski definition) is 11. The summed E-state index contributed by atoms with van der Waals surface area (Å²) in [7, 11) is 3.81. The van der Waals surface area contributed by atoms with E-state index in [-0.39, 0.29) is 46.6 Å². The molecule has 0 atom stereocenters. The number of aromatic nitrogens is 2. The number of carboxylic acid groups (broad SMARTS) is 1.